The van der Waals surface area contributed by atoms with Crippen LogP contribution in [0, 0.1) is 0 Å². The Morgan fingerprint density at radius 3 is 2.58 bits per heavy atom. The third kappa shape index (κ3) is 1.42. The van der Waals surface area contributed by atoms with Crippen LogP contribution in [0.4, 0.5) is 0 Å². The van der Waals surface area contributed by atoms with E-state index >= 15 is 0 Å². The maximum Gasteiger partial charge on any atom is -0.00915 e. The van der Waals surface area contributed by atoms with Crippen molar-refractivity contribution in [1.82, 2.24) is 0 Å². The minimum atomic E-state index is 1.12. The van der Waals surface area contributed by atoms with E-state index < -0.39 is 0 Å². The van der Waals surface area contributed by atoms with Crippen molar-refractivity contribution in [3.63, 3.8) is 0 Å². The first kappa shape index (κ1) is 7.60. The standard InChI is InChI=1S/C12H14/c1-10-4-2-3-5-11-6-8-12(10)9-7-11/h4-6,8-9H,2-3,7H2,1H3/b10-4-,11-5-. The fraction of sp³-hybridized carbons (Fsp3) is 0.333. The fourth-order valence-electron chi connectivity index (χ4n) is 1.69. The SMILES string of the molecule is C/C1=C/CC/C=C2/C=CC1=CC2. The Hall–Kier alpha value is -1.04. The molecule has 12 heavy (non-hydrogen) atoms. The minimum Gasteiger partial charge on any atom is -0.0807 e. The maximum absolute atomic E-state index is 2.35. The first-order valence-electron chi connectivity index (χ1n) is 4.61. The molecule has 0 amide bonds. The van der Waals surface area contributed by atoms with Crippen LogP contribution in [0.15, 0.2) is 47.1 Å². The Kier molecular flexibility index (Phi) is 1.99. The molecule has 0 unspecified atom stereocenters. The highest BCUT2D eigenvalue weighted by molar-refractivity contribution is 5.46. The summed E-state index contributed by atoms with van der Waals surface area (Å²) in [7, 11) is 0. The third-order valence-electron chi connectivity index (χ3n) is 2.51. The van der Waals surface area contributed by atoms with Gasteiger partial charge in [0.2, 0.25) is 0 Å². The second-order valence-corrected chi connectivity index (χ2v) is 3.44. The zero-order valence-electron chi connectivity index (χ0n) is 7.51. The van der Waals surface area contributed by atoms with Gasteiger partial charge in [0.25, 0.3) is 0 Å². The normalized spacial score (nSPS) is 30.6. The van der Waals surface area contributed by atoms with E-state index in [2.05, 4.69) is 37.3 Å². The zero-order chi connectivity index (χ0) is 8.39. The van der Waals surface area contributed by atoms with Gasteiger partial charge in [-0.3, -0.25) is 0 Å². The van der Waals surface area contributed by atoms with Crippen LogP contribution in [-0.4, -0.2) is 0 Å². The molecular weight excluding hydrogens is 144 g/mol. The Labute approximate surface area is 74.0 Å². The molecule has 0 aromatic carbocycles. The molecular formula is C12H14. The second-order valence-electron chi connectivity index (χ2n) is 3.44. The third-order valence-corrected chi connectivity index (χ3v) is 2.51. The lowest BCUT2D eigenvalue weighted by atomic mass is 9.98. The predicted molar refractivity (Wildman–Crippen MR) is 52.9 cm³/mol. The summed E-state index contributed by atoms with van der Waals surface area (Å²) >= 11 is 0. The molecule has 2 bridgehead atoms. The monoisotopic (exact) mass is 158 g/mol. The van der Waals surface area contributed by atoms with Crippen LogP contribution in [0.1, 0.15) is 26.2 Å². The van der Waals surface area contributed by atoms with Gasteiger partial charge in [0.05, 0.1) is 0 Å². The van der Waals surface area contributed by atoms with E-state index in [1.54, 1.807) is 0 Å². The van der Waals surface area contributed by atoms with Crippen molar-refractivity contribution in [3.8, 4) is 0 Å². The van der Waals surface area contributed by atoms with Gasteiger partial charge in [0.15, 0.2) is 0 Å². The molecule has 62 valence electrons. The molecule has 0 aromatic heterocycles. The number of fused-ring (bicyclic) bond motifs is 4. The average molecular weight is 158 g/mol. The molecule has 0 N–H and O–H groups in total. The summed E-state index contributed by atoms with van der Waals surface area (Å²) in [5.74, 6) is 0. The van der Waals surface area contributed by atoms with Crippen molar-refractivity contribution < 1.29 is 0 Å². The van der Waals surface area contributed by atoms with Gasteiger partial charge in [-0.1, -0.05) is 30.4 Å². The second kappa shape index (κ2) is 3.14. The van der Waals surface area contributed by atoms with Crippen LogP contribution in [0.25, 0.3) is 0 Å². The molecule has 0 aromatic rings. The summed E-state index contributed by atoms with van der Waals surface area (Å²) in [6, 6.07) is 0. The van der Waals surface area contributed by atoms with Gasteiger partial charge >= 0.3 is 0 Å². The van der Waals surface area contributed by atoms with Crippen molar-refractivity contribution in [3.05, 3.63) is 47.1 Å². The molecule has 0 aliphatic heterocycles. The quantitative estimate of drug-likeness (QED) is 0.506. The van der Waals surface area contributed by atoms with E-state index in [4.69, 9.17) is 0 Å². The van der Waals surface area contributed by atoms with Gasteiger partial charge in [-0.15, -0.1) is 0 Å². The van der Waals surface area contributed by atoms with Gasteiger partial charge in [0, 0.05) is 0 Å². The van der Waals surface area contributed by atoms with Gasteiger partial charge < -0.3 is 0 Å². The first-order valence-corrected chi connectivity index (χ1v) is 4.61. The Morgan fingerprint density at radius 2 is 1.83 bits per heavy atom. The molecule has 0 heteroatoms. The molecule has 0 heterocycles. The van der Waals surface area contributed by atoms with E-state index in [0.29, 0.717) is 0 Å². The highest BCUT2D eigenvalue weighted by Crippen LogP contribution is 2.23. The summed E-state index contributed by atoms with van der Waals surface area (Å²) in [5, 5.41) is 0. The molecule has 0 atom stereocenters. The lowest BCUT2D eigenvalue weighted by Crippen LogP contribution is -1.88. The van der Waals surface area contributed by atoms with E-state index in [0.717, 1.165) is 6.42 Å². The summed E-state index contributed by atoms with van der Waals surface area (Å²) in [6.07, 6.45) is 15.0. The molecule has 0 saturated heterocycles. The topological polar surface area (TPSA) is 0 Å². The molecule has 0 radical (unpaired) electrons. The molecule has 0 spiro atoms. The highest BCUT2D eigenvalue weighted by atomic mass is 14.1. The van der Waals surface area contributed by atoms with Gasteiger partial charge in [-0.2, -0.15) is 0 Å². The largest absolute Gasteiger partial charge is 0.0807 e. The van der Waals surface area contributed by atoms with Crippen LogP contribution < -0.4 is 0 Å². The fourth-order valence-corrected chi connectivity index (χ4v) is 1.69. The average Bonchev–Trinajstić information content (AvgIpc) is 2.24. The molecule has 3 aliphatic rings. The van der Waals surface area contributed by atoms with Crippen molar-refractivity contribution in [2.45, 2.75) is 26.2 Å². The summed E-state index contributed by atoms with van der Waals surface area (Å²) in [5.41, 5.74) is 4.32. The number of allylic oxidation sites excluding steroid dienone is 8. The lowest BCUT2D eigenvalue weighted by Gasteiger charge is -2.07. The van der Waals surface area contributed by atoms with E-state index in [-0.39, 0.29) is 0 Å². The number of hydrogen-bond donors (Lipinski definition) is 0. The van der Waals surface area contributed by atoms with Crippen LogP contribution >= 0.6 is 0 Å². The molecule has 0 nitrogen and oxygen atoms in total. The highest BCUT2D eigenvalue weighted by Gasteiger charge is 2.04. The molecule has 3 rings (SSSR count). The molecule has 0 fully saturated rings. The van der Waals surface area contributed by atoms with Gasteiger partial charge in [-0.05, 0) is 42.9 Å². The van der Waals surface area contributed by atoms with Gasteiger partial charge in [0.1, 0.15) is 0 Å². The smallest absolute Gasteiger partial charge is 0.00915 e. The Bertz CT molecular complexity index is 298. The lowest BCUT2D eigenvalue weighted by molar-refractivity contribution is 1.03. The van der Waals surface area contributed by atoms with E-state index in [1.807, 2.05) is 0 Å². The maximum atomic E-state index is 2.35. The first-order chi connectivity index (χ1) is 5.86. The molecule has 0 saturated carbocycles. The number of hydrogen-bond acceptors (Lipinski definition) is 0. The van der Waals surface area contributed by atoms with Crippen LogP contribution in [-0.2, 0) is 0 Å². The van der Waals surface area contributed by atoms with Crippen LogP contribution in [0.3, 0.4) is 0 Å². The van der Waals surface area contributed by atoms with Crippen LogP contribution in [0.5, 0.6) is 0 Å². The predicted octanol–water partition coefficient (Wildman–Crippen LogP) is 3.54. The minimum absolute atomic E-state index is 1.12. The molecule has 3 aliphatic carbocycles. The van der Waals surface area contributed by atoms with Crippen molar-refractivity contribution in [2.75, 3.05) is 0 Å². The van der Waals surface area contributed by atoms with E-state index in [9.17, 15) is 0 Å². The van der Waals surface area contributed by atoms with Crippen LogP contribution in [0.2, 0.25) is 0 Å². The van der Waals surface area contributed by atoms with Crippen molar-refractivity contribution >= 4 is 0 Å². The zero-order valence-corrected chi connectivity index (χ0v) is 7.51. The van der Waals surface area contributed by atoms with E-state index in [1.165, 1.54) is 29.6 Å². The summed E-state index contributed by atoms with van der Waals surface area (Å²) < 4.78 is 0. The Morgan fingerprint density at radius 1 is 1.00 bits per heavy atom. The van der Waals surface area contributed by atoms with Crippen molar-refractivity contribution in [1.29, 1.82) is 0 Å². The Balaban J connectivity index is 2.38. The van der Waals surface area contributed by atoms with Gasteiger partial charge in [-0.25, -0.2) is 0 Å². The summed E-state index contributed by atoms with van der Waals surface area (Å²) in [4.78, 5) is 0. The number of rotatable bonds is 0. The van der Waals surface area contributed by atoms with Crippen molar-refractivity contribution in [2.24, 2.45) is 0 Å². The summed E-state index contributed by atoms with van der Waals surface area (Å²) in [6.45, 7) is 2.20.